The number of anilines is 1. The molecule has 3 heteroatoms. The molecule has 0 aliphatic rings. The SMILES string of the molecule is N#Cc1ccc(N)c(C#Cc2ccccn2)c1. The van der Waals surface area contributed by atoms with Crippen molar-refractivity contribution in [3.05, 3.63) is 59.4 Å². The standard InChI is InChI=1S/C14H9N3/c15-10-11-4-7-14(16)12(9-11)5-6-13-3-1-2-8-17-13/h1-4,7-9H,16H2. The van der Waals surface area contributed by atoms with E-state index >= 15 is 0 Å². The van der Waals surface area contributed by atoms with Crippen molar-refractivity contribution in [3.63, 3.8) is 0 Å². The smallest absolute Gasteiger partial charge is 0.113 e. The van der Waals surface area contributed by atoms with Crippen molar-refractivity contribution in [1.82, 2.24) is 4.98 Å². The van der Waals surface area contributed by atoms with Gasteiger partial charge in [0.25, 0.3) is 0 Å². The lowest BCUT2D eigenvalue weighted by Crippen LogP contribution is -1.91. The molecule has 3 nitrogen and oxygen atoms in total. The first-order valence-corrected chi connectivity index (χ1v) is 5.02. The summed E-state index contributed by atoms with van der Waals surface area (Å²) in [5.41, 5.74) is 8.21. The van der Waals surface area contributed by atoms with Crippen molar-refractivity contribution in [1.29, 1.82) is 5.26 Å². The zero-order valence-electron chi connectivity index (χ0n) is 9.01. The second-order valence-corrected chi connectivity index (χ2v) is 3.38. The van der Waals surface area contributed by atoms with Crippen LogP contribution in [0.2, 0.25) is 0 Å². The van der Waals surface area contributed by atoms with Crippen LogP contribution in [0.3, 0.4) is 0 Å². The summed E-state index contributed by atoms with van der Waals surface area (Å²) in [6.07, 6.45) is 1.68. The summed E-state index contributed by atoms with van der Waals surface area (Å²) in [6.45, 7) is 0. The molecule has 17 heavy (non-hydrogen) atoms. The van der Waals surface area contributed by atoms with Crippen LogP contribution in [0.15, 0.2) is 42.6 Å². The van der Waals surface area contributed by atoms with Crippen LogP contribution in [0.5, 0.6) is 0 Å². The van der Waals surface area contributed by atoms with Gasteiger partial charge in [-0.3, -0.25) is 0 Å². The molecule has 2 aromatic rings. The van der Waals surface area contributed by atoms with Gasteiger partial charge in [-0.2, -0.15) is 5.26 Å². The summed E-state index contributed by atoms with van der Waals surface area (Å²) < 4.78 is 0. The average Bonchev–Trinajstić information content (AvgIpc) is 2.39. The van der Waals surface area contributed by atoms with E-state index in [1.54, 1.807) is 24.4 Å². The van der Waals surface area contributed by atoms with Crippen molar-refractivity contribution < 1.29 is 0 Å². The first-order valence-electron chi connectivity index (χ1n) is 5.02. The fraction of sp³-hybridized carbons (Fsp3) is 0. The maximum absolute atomic E-state index is 8.79. The monoisotopic (exact) mass is 219 g/mol. The Morgan fingerprint density at radius 3 is 2.71 bits per heavy atom. The lowest BCUT2D eigenvalue weighted by atomic mass is 10.1. The van der Waals surface area contributed by atoms with Gasteiger partial charge < -0.3 is 5.73 Å². The van der Waals surface area contributed by atoms with E-state index in [0.717, 1.165) is 0 Å². The first kappa shape index (κ1) is 10.7. The van der Waals surface area contributed by atoms with Crippen LogP contribution in [0.4, 0.5) is 5.69 Å². The molecular weight excluding hydrogens is 210 g/mol. The number of benzene rings is 1. The van der Waals surface area contributed by atoms with Gasteiger partial charge in [0.05, 0.1) is 11.6 Å². The summed E-state index contributed by atoms with van der Waals surface area (Å²) >= 11 is 0. The Balaban J connectivity index is 2.37. The van der Waals surface area contributed by atoms with E-state index in [1.165, 1.54) is 0 Å². The van der Waals surface area contributed by atoms with Crippen molar-refractivity contribution >= 4 is 5.69 Å². The van der Waals surface area contributed by atoms with Gasteiger partial charge >= 0.3 is 0 Å². The minimum absolute atomic E-state index is 0.546. The van der Waals surface area contributed by atoms with Gasteiger partial charge in [-0.15, -0.1) is 0 Å². The molecule has 2 rings (SSSR count). The minimum atomic E-state index is 0.546. The van der Waals surface area contributed by atoms with Crippen LogP contribution in [-0.2, 0) is 0 Å². The highest BCUT2D eigenvalue weighted by molar-refractivity contribution is 5.59. The van der Waals surface area contributed by atoms with Gasteiger partial charge in [0.2, 0.25) is 0 Å². The Hall–Kier alpha value is -2.78. The number of rotatable bonds is 0. The Kier molecular flexibility index (Phi) is 3.05. The number of hydrogen-bond acceptors (Lipinski definition) is 3. The van der Waals surface area contributed by atoms with E-state index in [2.05, 4.69) is 22.9 Å². The summed E-state index contributed by atoms with van der Waals surface area (Å²) in [5.74, 6) is 5.82. The summed E-state index contributed by atoms with van der Waals surface area (Å²) in [5, 5.41) is 8.79. The summed E-state index contributed by atoms with van der Waals surface area (Å²) in [7, 11) is 0. The van der Waals surface area contributed by atoms with E-state index in [0.29, 0.717) is 22.5 Å². The van der Waals surface area contributed by atoms with Crippen molar-refractivity contribution in [2.75, 3.05) is 5.73 Å². The fourth-order valence-electron chi connectivity index (χ4n) is 1.30. The molecule has 0 aliphatic carbocycles. The van der Waals surface area contributed by atoms with Gasteiger partial charge in [-0.25, -0.2) is 4.98 Å². The molecule has 0 unspecified atom stereocenters. The zero-order valence-corrected chi connectivity index (χ0v) is 9.01. The molecule has 0 amide bonds. The van der Waals surface area contributed by atoms with Crippen molar-refractivity contribution in [3.8, 4) is 17.9 Å². The number of nitrogens with two attached hydrogens (primary N) is 1. The minimum Gasteiger partial charge on any atom is -0.398 e. The topological polar surface area (TPSA) is 62.7 Å². The van der Waals surface area contributed by atoms with Gasteiger partial charge in [0.1, 0.15) is 5.69 Å². The number of aromatic nitrogens is 1. The quantitative estimate of drug-likeness (QED) is 0.544. The molecule has 0 atom stereocenters. The van der Waals surface area contributed by atoms with Gasteiger partial charge in [0.15, 0.2) is 0 Å². The van der Waals surface area contributed by atoms with Crippen LogP contribution in [0.1, 0.15) is 16.8 Å². The third-order valence-electron chi connectivity index (χ3n) is 2.17. The highest BCUT2D eigenvalue weighted by atomic mass is 14.6. The second-order valence-electron chi connectivity index (χ2n) is 3.38. The Labute approximate surface area is 99.5 Å². The second kappa shape index (κ2) is 4.83. The van der Waals surface area contributed by atoms with Crippen molar-refractivity contribution in [2.24, 2.45) is 0 Å². The molecule has 1 aromatic carbocycles. The van der Waals surface area contributed by atoms with E-state index < -0.39 is 0 Å². The molecule has 0 bridgehead atoms. The molecular formula is C14H9N3. The molecule has 80 valence electrons. The molecule has 0 fully saturated rings. The molecule has 0 aliphatic heterocycles. The third-order valence-corrected chi connectivity index (χ3v) is 2.17. The number of nitrogen functional groups attached to an aromatic ring is 1. The maximum Gasteiger partial charge on any atom is 0.113 e. The summed E-state index contributed by atoms with van der Waals surface area (Å²) in [6, 6.07) is 12.6. The maximum atomic E-state index is 8.79. The molecule has 0 spiro atoms. The number of pyridine rings is 1. The third kappa shape index (κ3) is 2.62. The van der Waals surface area contributed by atoms with Crippen molar-refractivity contribution in [2.45, 2.75) is 0 Å². The highest BCUT2D eigenvalue weighted by Gasteiger charge is 1.97. The van der Waals surface area contributed by atoms with E-state index in [1.807, 2.05) is 18.2 Å². The largest absolute Gasteiger partial charge is 0.398 e. The van der Waals surface area contributed by atoms with Crippen LogP contribution in [0, 0.1) is 23.2 Å². The predicted octanol–water partition coefficient (Wildman–Crippen LogP) is 1.94. The number of hydrogen-bond donors (Lipinski definition) is 1. The predicted molar refractivity (Wildman–Crippen MR) is 65.8 cm³/mol. The van der Waals surface area contributed by atoms with Crippen LogP contribution in [0.25, 0.3) is 0 Å². The first-order chi connectivity index (χ1) is 8.29. The normalized spacial score (nSPS) is 8.88. The lowest BCUT2D eigenvalue weighted by Gasteiger charge is -1.97. The number of nitriles is 1. The molecule has 0 radical (unpaired) electrons. The van der Waals surface area contributed by atoms with E-state index in [9.17, 15) is 0 Å². The highest BCUT2D eigenvalue weighted by Crippen LogP contribution is 2.12. The van der Waals surface area contributed by atoms with E-state index in [4.69, 9.17) is 11.0 Å². The molecule has 1 heterocycles. The van der Waals surface area contributed by atoms with Crippen LogP contribution < -0.4 is 5.73 Å². The Morgan fingerprint density at radius 2 is 2.00 bits per heavy atom. The average molecular weight is 219 g/mol. The zero-order chi connectivity index (χ0) is 12.1. The molecule has 0 saturated carbocycles. The summed E-state index contributed by atoms with van der Waals surface area (Å²) in [4.78, 5) is 4.09. The van der Waals surface area contributed by atoms with Crippen LogP contribution >= 0.6 is 0 Å². The van der Waals surface area contributed by atoms with E-state index in [-0.39, 0.29) is 0 Å². The van der Waals surface area contributed by atoms with Gasteiger partial charge in [0, 0.05) is 17.4 Å². The Morgan fingerprint density at radius 1 is 1.12 bits per heavy atom. The number of nitrogens with zero attached hydrogens (tertiary/aromatic N) is 2. The van der Waals surface area contributed by atoms with Gasteiger partial charge in [-0.1, -0.05) is 12.0 Å². The van der Waals surface area contributed by atoms with Crippen LogP contribution in [-0.4, -0.2) is 4.98 Å². The Bertz CT molecular complexity index is 628. The van der Waals surface area contributed by atoms with Gasteiger partial charge in [-0.05, 0) is 36.3 Å². The molecule has 2 N–H and O–H groups in total. The lowest BCUT2D eigenvalue weighted by molar-refractivity contribution is 1.29. The molecule has 1 aromatic heterocycles. The fourth-order valence-corrected chi connectivity index (χ4v) is 1.30. The molecule has 0 saturated heterocycles.